The Kier molecular flexibility index (Phi) is 3.79. The second-order valence-corrected chi connectivity index (χ2v) is 3.63. The molecule has 1 atom stereocenters. The lowest BCUT2D eigenvalue weighted by molar-refractivity contribution is -0.139. The van der Waals surface area contributed by atoms with Gasteiger partial charge in [0.25, 0.3) is 0 Å². The van der Waals surface area contributed by atoms with E-state index >= 15 is 0 Å². The Morgan fingerprint density at radius 2 is 2.13 bits per heavy atom. The van der Waals surface area contributed by atoms with E-state index in [0.717, 1.165) is 5.56 Å². The topological polar surface area (TPSA) is 25.2 Å². The molecule has 0 aliphatic heterocycles. The Bertz CT molecular complexity index is 306. The molecule has 0 saturated heterocycles. The zero-order chi connectivity index (χ0) is 11.5. The Morgan fingerprint density at radius 3 is 2.60 bits per heavy atom. The van der Waals surface area contributed by atoms with Crippen molar-refractivity contribution in [3.8, 4) is 0 Å². The fourth-order valence-corrected chi connectivity index (χ4v) is 1.27. The predicted octanol–water partition coefficient (Wildman–Crippen LogP) is 3.02. The van der Waals surface area contributed by atoms with Crippen LogP contribution in [0.25, 0.3) is 0 Å². The quantitative estimate of drug-likeness (QED) is 0.845. The van der Waals surface area contributed by atoms with E-state index < -0.39 is 18.6 Å². The first kappa shape index (κ1) is 12.1. The monoisotopic (exact) mass is 221 g/mol. The van der Waals surface area contributed by atoms with Crippen molar-refractivity contribution >= 4 is 0 Å². The third kappa shape index (κ3) is 4.38. The van der Waals surface area contributed by atoms with Crippen molar-refractivity contribution in [3.05, 3.63) is 23.7 Å². The van der Waals surface area contributed by atoms with Crippen molar-refractivity contribution in [2.24, 2.45) is 0 Å². The molecule has 1 aromatic heterocycles. The maximum Gasteiger partial charge on any atom is 0.390 e. The zero-order valence-corrected chi connectivity index (χ0v) is 8.69. The minimum Gasteiger partial charge on any atom is -0.468 e. The molecule has 0 radical (unpaired) electrons. The van der Waals surface area contributed by atoms with Crippen molar-refractivity contribution < 1.29 is 17.6 Å². The van der Waals surface area contributed by atoms with Gasteiger partial charge in [-0.1, -0.05) is 0 Å². The van der Waals surface area contributed by atoms with Crippen LogP contribution in [0.5, 0.6) is 0 Å². The fourth-order valence-electron chi connectivity index (χ4n) is 1.27. The molecule has 0 saturated carbocycles. The van der Waals surface area contributed by atoms with E-state index in [2.05, 4.69) is 5.32 Å². The highest BCUT2D eigenvalue weighted by Crippen LogP contribution is 2.21. The van der Waals surface area contributed by atoms with E-state index in [-0.39, 0.29) is 0 Å². The number of aryl methyl sites for hydroxylation is 1. The molecule has 1 N–H and O–H groups in total. The highest BCUT2D eigenvalue weighted by Gasteiger charge is 2.29. The van der Waals surface area contributed by atoms with Gasteiger partial charge in [0, 0.05) is 6.04 Å². The number of rotatable bonds is 4. The third-order valence-corrected chi connectivity index (χ3v) is 2.12. The number of hydrogen-bond acceptors (Lipinski definition) is 2. The van der Waals surface area contributed by atoms with E-state index in [4.69, 9.17) is 4.42 Å². The summed E-state index contributed by atoms with van der Waals surface area (Å²) in [5, 5.41) is 2.77. The summed E-state index contributed by atoms with van der Waals surface area (Å²) in [5.41, 5.74) is 0.946. The Balaban J connectivity index is 2.35. The Morgan fingerprint density at radius 1 is 1.47 bits per heavy atom. The Labute approximate surface area is 86.5 Å². The number of nitrogens with one attached hydrogen (secondary N) is 1. The normalized spacial score (nSPS) is 14.2. The van der Waals surface area contributed by atoms with Gasteiger partial charge in [0.15, 0.2) is 0 Å². The standard InChI is InChI=1S/C10H14F3NO/c1-7-3-4-15-9(7)6-14-8(2)5-10(11,12)13/h3-4,8,14H,5-6H2,1-2H3. The van der Waals surface area contributed by atoms with Crippen LogP contribution in [-0.4, -0.2) is 12.2 Å². The summed E-state index contributed by atoms with van der Waals surface area (Å²) in [6, 6.07) is 1.18. The first-order valence-electron chi connectivity index (χ1n) is 4.71. The summed E-state index contributed by atoms with van der Waals surface area (Å²) in [6.45, 7) is 3.69. The van der Waals surface area contributed by atoms with Crippen LogP contribution in [0.3, 0.4) is 0 Å². The summed E-state index contributed by atoms with van der Waals surface area (Å²) in [7, 11) is 0. The number of furan rings is 1. The largest absolute Gasteiger partial charge is 0.468 e. The first-order valence-corrected chi connectivity index (χ1v) is 4.71. The van der Waals surface area contributed by atoms with E-state index in [1.54, 1.807) is 6.07 Å². The molecule has 0 aromatic carbocycles. The lowest BCUT2D eigenvalue weighted by Crippen LogP contribution is -2.30. The zero-order valence-electron chi connectivity index (χ0n) is 8.69. The first-order chi connectivity index (χ1) is 6.88. The second-order valence-electron chi connectivity index (χ2n) is 3.63. The van der Waals surface area contributed by atoms with Gasteiger partial charge in [0.2, 0.25) is 0 Å². The van der Waals surface area contributed by atoms with Crippen molar-refractivity contribution in [1.29, 1.82) is 0 Å². The molecule has 0 aliphatic carbocycles. The van der Waals surface area contributed by atoms with Gasteiger partial charge >= 0.3 is 6.18 Å². The van der Waals surface area contributed by atoms with Gasteiger partial charge in [-0.05, 0) is 25.5 Å². The van der Waals surface area contributed by atoms with Gasteiger partial charge < -0.3 is 9.73 Å². The van der Waals surface area contributed by atoms with Crippen LogP contribution in [0.15, 0.2) is 16.7 Å². The van der Waals surface area contributed by atoms with Crippen LogP contribution >= 0.6 is 0 Å². The summed E-state index contributed by atoms with van der Waals surface area (Å²) < 4.78 is 41.1. The summed E-state index contributed by atoms with van der Waals surface area (Å²) >= 11 is 0. The molecule has 1 unspecified atom stereocenters. The minimum absolute atomic E-state index is 0.329. The van der Waals surface area contributed by atoms with E-state index in [1.165, 1.54) is 13.2 Å². The van der Waals surface area contributed by atoms with Gasteiger partial charge in [0.1, 0.15) is 5.76 Å². The highest BCUT2D eigenvalue weighted by molar-refractivity contribution is 5.14. The average Bonchev–Trinajstić information content (AvgIpc) is 2.44. The third-order valence-electron chi connectivity index (χ3n) is 2.12. The van der Waals surface area contributed by atoms with Gasteiger partial charge in [-0.3, -0.25) is 0 Å². The van der Waals surface area contributed by atoms with Crippen LogP contribution in [0.2, 0.25) is 0 Å². The number of halogens is 3. The molecular weight excluding hydrogens is 207 g/mol. The average molecular weight is 221 g/mol. The second kappa shape index (κ2) is 4.70. The highest BCUT2D eigenvalue weighted by atomic mass is 19.4. The van der Waals surface area contributed by atoms with Gasteiger partial charge in [-0.15, -0.1) is 0 Å². The molecule has 86 valence electrons. The van der Waals surface area contributed by atoms with Crippen LogP contribution in [-0.2, 0) is 6.54 Å². The molecule has 0 fully saturated rings. The minimum atomic E-state index is -4.12. The van der Waals surface area contributed by atoms with Crippen molar-refractivity contribution in [2.45, 2.75) is 39.0 Å². The maximum atomic E-state index is 12.0. The maximum absolute atomic E-state index is 12.0. The predicted molar refractivity (Wildman–Crippen MR) is 50.4 cm³/mol. The molecular formula is C10H14F3NO. The van der Waals surface area contributed by atoms with E-state index in [1.807, 2.05) is 6.92 Å². The molecule has 2 nitrogen and oxygen atoms in total. The lowest BCUT2D eigenvalue weighted by atomic mass is 10.2. The van der Waals surface area contributed by atoms with Crippen LogP contribution in [0, 0.1) is 6.92 Å². The molecule has 15 heavy (non-hydrogen) atoms. The van der Waals surface area contributed by atoms with Gasteiger partial charge in [0.05, 0.1) is 19.2 Å². The summed E-state index contributed by atoms with van der Waals surface area (Å²) in [5.74, 6) is 0.684. The summed E-state index contributed by atoms with van der Waals surface area (Å²) in [6.07, 6.45) is -3.42. The summed E-state index contributed by atoms with van der Waals surface area (Å²) in [4.78, 5) is 0. The van der Waals surface area contributed by atoms with Crippen molar-refractivity contribution in [1.82, 2.24) is 5.32 Å². The molecule has 5 heteroatoms. The van der Waals surface area contributed by atoms with Crippen molar-refractivity contribution in [2.75, 3.05) is 0 Å². The smallest absolute Gasteiger partial charge is 0.390 e. The molecule has 0 spiro atoms. The van der Waals surface area contributed by atoms with Gasteiger partial charge in [-0.2, -0.15) is 13.2 Å². The molecule has 0 bridgehead atoms. The Hall–Kier alpha value is -0.970. The molecule has 0 amide bonds. The van der Waals surface area contributed by atoms with Crippen LogP contribution in [0.4, 0.5) is 13.2 Å². The fraction of sp³-hybridized carbons (Fsp3) is 0.600. The molecule has 1 aromatic rings. The SMILES string of the molecule is Cc1ccoc1CNC(C)CC(F)(F)F. The number of alkyl halides is 3. The van der Waals surface area contributed by atoms with E-state index in [9.17, 15) is 13.2 Å². The lowest BCUT2D eigenvalue weighted by Gasteiger charge is -2.15. The van der Waals surface area contributed by atoms with E-state index in [0.29, 0.717) is 12.3 Å². The van der Waals surface area contributed by atoms with Crippen LogP contribution in [0.1, 0.15) is 24.7 Å². The number of hydrogen-bond donors (Lipinski definition) is 1. The van der Waals surface area contributed by atoms with Crippen molar-refractivity contribution in [3.63, 3.8) is 0 Å². The van der Waals surface area contributed by atoms with Gasteiger partial charge in [-0.25, -0.2) is 0 Å². The molecule has 1 heterocycles. The van der Waals surface area contributed by atoms with Crippen LogP contribution < -0.4 is 5.32 Å². The molecule has 1 rings (SSSR count). The molecule has 0 aliphatic rings.